The van der Waals surface area contributed by atoms with Crippen LogP contribution in [0.15, 0.2) is 42.5 Å². The number of cyclic esters (lactones) is 1. The van der Waals surface area contributed by atoms with Gasteiger partial charge in [0.2, 0.25) is 6.10 Å². The molecule has 0 aliphatic carbocycles. The fraction of sp³-hybridized carbons (Fsp3) is 0.176. The van der Waals surface area contributed by atoms with E-state index in [0.29, 0.717) is 29.2 Å². The van der Waals surface area contributed by atoms with E-state index in [4.69, 9.17) is 19.5 Å². The van der Waals surface area contributed by atoms with Crippen molar-refractivity contribution in [2.24, 2.45) is 0 Å². The zero-order valence-electron chi connectivity index (χ0n) is 11.9. The molecular weight excluding hydrogens is 282 g/mol. The molecule has 0 bridgehead atoms. The van der Waals surface area contributed by atoms with Gasteiger partial charge in [0, 0.05) is 6.07 Å². The molecular formula is C17H13NO4. The highest BCUT2D eigenvalue weighted by atomic mass is 16.6. The van der Waals surface area contributed by atoms with Crippen LogP contribution >= 0.6 is 0 Å². The normalized spacial score (nSPS) is 15.6. The molecule has 5 nitrogen and oxygen atoms in total. The molecule has 0 fully saturated rings. The van der Waals surface area contributed by atoms with Gasteiger partial charge in [-0.25, -0.2) is 4.79 Å². The molecule has 1 aliphatic heterocycles. The molecule has 2 aromatic carbocycles. The lowest BCUT2D eigenvalue weighted by Gasteiger charge is -2.11. The van der Waals surface area contributed by atoms with Gasteiger partial charge >= 0.3 is 5.97 Å². The monoisotopic (exact) mass is 295 g/mol. The van der Waals surface area contributed by atoms with E-state index < -0.39 is 12.1 Å². The number of nitrogens with zero attached hydrogens (tertiary/aromatic N) is 1. The minimum absolute atomic E-state index is 0.314. The molecule has 0 saturated heterocycles. The van der Waals surface area contributed by atoms with Gasteiger partial charge in [0.15, 0.2) is 0 Å². The summed E-state index contributed by atoms with van der Waals surface area (Å²) in [5.41, 5.74) is 1.79. The first kappa shape index (κ1) is 14.0. The van der Waals surface area contributed by atoms with E-state index in [-0.39, 0.29) is 0 Å². The number of ether oxygens (including phenoxy) is 3. The summed E-state index contributed by atoms with van der Waals surface area (Å²) >= 11 is 0. The predicted octanol–water partition coefficient (Wildman–Crippen LogP) is 3.01. The van der Waals surface area contributed by atoms with Crippen LogP contribution in [0.2, 0.25) is 0 Å². The zero-order chi connectivity index (χ0) is 15.5. The van der Waals surface area contributed by atoms with Gasteiger partial charge in [-0.2, -0.15) is 5.26 Å². The molecule has 0 N–H and O–H groups in total. The number of methoxy groups -OCH3 is 1. The molecule has 3 rings (SSSR count). The van der Waals surface area contributed by atoms with Crippen LogP contribution in [0.1, 0.15) is 27.6 Å². The van der Waals surface area contributed by atoms with Crippen LogP contribution in [0.3, 0.4) is 0 Å². The smallest absolute Gasteiger partial charge is 0.340 e. The second-order valence-electron chi connectivity index (χ2n) is 4.78. The number of fused-ring (bicyclic) bond motifs is 1. The summed E-state index contributed by atoms with van der Waals surface area (Å²) in [5, 5.41) is 9.06. The van der Waals surface area contributed by atoms with E-state index in [0.717, 1.165) is 5.56 Å². The second kappa shape index (κ2) is 5.78. The van der Waals surface area contributed by atoms with Gasteiger partial charge in [0.05, 0.1) is 18.2 Å². The predicted molar refractivity (Wildman–Crippen MR) is 77.5 cm³/mol. The van der Waals surface area contributed by atoms with Gasteiger partial charge in [-0.3, -0.25) is 0 Å². The summed E-state index contributed by atoms with van der Waals surface area (Å²) in [7, 11) is 1.48. The highest BCUT2D eigenvalue weighted by Crippen LogP contribution is 2.40. The Balaban J connectivity index is 1.90. The Labute approximate surface area is 127 Å². The third kappa shape index (κ3) is 2.47. The molecule has 1 unspecified atom stereocenters. The molecule has 5 heteroatoms. The van der Waals surface area contributed by atoms with Crippen molar-refractivity contribution < 1.29 is 19.0 Å². The van der Waals surface area contributed by atoms with E-state index in [9.17, 15) is 4.79 Å². The van der Waals surface area contributed by atoms with E-state index >= 15 is 0 Å². The maximum Gasteiger partial charge on any atom is 0.340 e. The number of rotatable bonds is 4. The standard InChI is InChI=1S/C17H13NO4/c1-20-14-8-12(21-10-11-5-3-2-4-6-11)7-13-16(14)15(9-18)22-17(13)19/h2-8,15H,10H2,1H3. The number of esters is 1. The average molecular weight is 295 g/mol. The molecule has 2 aromatic rings. The molecule has 0 aromatic heterocycles. The van der Waals surface area contributed by atoms with E-state index in [2.05, 4.69) is 0 Å². The molecule has 1 heterocycles. The molecule has 0 radical (unpaired) electrons. The summed E-state index contributed by atoms with van der Waals surface area (Å²) in [6, 6.07) is 14.9. The van der Waals surface area contributed by atoms with Crippen molar-refractivity contribution in [3.05, 3.63) is 59.2 Å². The summed E-state index contributed by atoms with van der Waals surface area (Å²) in [6.07, 6.45) is -0.930. The van der Waals surface area contributed by atoms with Crippen LogP contribution in [-0.2, 0) is 11.3 Å². The minimum Gasteiger partial charge on any atom is -0.496 e. The van der Waals surface area contributed by atoms with Crippen molar-refractivity contribution >= 4 is 5.97 Å². The SMILES string of the molecule is COc1cc(OCc2ccccc2)cc2c1C(C#N)OC2=O. The highest BCUT2D eigenvalue weighted by molar-refractivity contribution is 5.96. The third-order valence-electron chi connectivity index (χ3n) is 3.41. The lowest BCUT2D eigenvalue weighted by Crippen LogP contribution is -2.00. The average Bonchev–Trinajstić information content (AvgIpc) is 2.89. The number of hydrogen-bond acceptors (Lipinski definition) is 5. The fourth-order valence-electron chi connectivity index (χ4n) is 2.35. The fourth-order valence-corrected chi connectivity index (χ4v) is 2.35. The Morgan fingerprint density at radius 2 is 2.05 bits per heavy atom. The van der Waals surface area contributed by atoms with Gasteiger partial charge in [-0.15, -0.1) is 0 Å². The van der Waals surface area contributed by atoms with Crippen molar-refractivity contribution in [2.45, 2.75) is 12.7 Å². The van der Waals surface area contributed by atoms with Crippen LogP contribution in [0.4, 0.5) is 0 Å². The Kier molecular flexibility index (Phi) is 3.67. The molecule has 1 aliphatic rings. The maximum absolute atomic E-state index is 11.8. The number of benzene rings is 2. The van der Waals surface area contributed by atoms with Crippen molar-refractivity contribution in [1.82, 2.24) is 0 Å². The summed E-state index contributed by atoms with van der Waals surface area (Å²) in [4.78, 5) is 11.8. The number of nitriles is 1. The van der Waals surface area contributed by atoms with Gasteiger partial charge < -0.3 is 14.2 Å². The zero-order valence-corrected chi connectivity index (χ0v) is 11.9. The van der Waals surface area contributed by atoms with Crippen LogP contribution in [0.25, 0.3) is 0 Å². The summed E-state index contributed by atoms with van der Waals surface area (Å²) in [5.74, 6) is 0.373. The molecule has 1 atom stereocenters. The molecule has 0 spiro atoms. The first-order valence-corrected chi connectivity index (χ1v) is 6.72. The lowest BCUT2D eigenvalue weighted by molar-refractivity contribution is 0.0476. The first-order valence-electron chi connectivity index (χ1n) is 6.72. The second-order valence-corrected chi connectivity index (χ2v) is 4.78. The van der Waals surface area contributed by atoms with Crippen LogP contribution in [0.5, 0.6) is 11.5 Å². The van der Waals surface area contributed by atoms with Gasteiger partial charge in [0.1, 0.15) is 24.2 Å². The highest BCUT2D eigenvalue weighted by Gasteiger charge is 2.35. The summed E-state index contributed by atoms with van der Waals surface area (Å²) in [6.45, 7) is 0.375. The van der Waals surface area contributed by atoms with Gasteiger partial charge in [-0.1, -0.05) is 30.3 Å². The number of carbonyl (C=O) groups excluding carboxylic acids is 1. The van der Waals surface area contributed by atoms with Crippen LogP contribution in [-0.4, -0.2) is 13.1 Å². The van der Waals surface area contributed by atoms with E-state index in [1.807, 2.05) is 36.4 Å². The lowest BCUT2D eigenvalue weighted by atomic mass is 10.0. The van der Waals surface area contributed by atoms with Crippen molar-refractivity contribution in [1.29, 1.82) is 5.26 Å². The molecule has 110 valence electrons. The largest absolute Gasteiger partial charge is 0.496 e. The maximum atomic E-state index is 11.8. The Morgan fingerprint density at radius 1 is 1.27 bits per heavy atom. The molecule has 0 amide bonds. The van der Waals surface area contributed by atoms with Gasteiger partial charge in [0.25, 0.3) is 0 Å². The van der Waals surface area contributed by atoms with Crippen molar-refractivity contribution in [3.63, 3.8) is 0 Å². The first-order chi connectivity index (χ1) is 10.7. The third-order valence-corrected chi connectivity index (χ3v) is 3.41. The Bertz CT molecular complexity index is 749. The molecule has 0 saturated carbocycles. The Hall–Kier alpha value is -3.00. The molecule has 22 heavy (non-hydrogen) atoms. The van der Waals surface area contributed by atoms with Gasteiger partial charge in [-0.05, 0) is 11.6 Å². The van der Waals surface area contributed by atoms with Crippen molar-refractivity contribution in [3.8, 4) is 17.6 Å². The number of carbonyl (C=O) groups is 1. The van der Waals surface area contributed by atoms with Crippen LogP contribution < -0.4 is 9.47 Å². The minimum atomic E-state index is -0.930. The quantitative estimate of drug-likeness (QED) is 0.811. The number of hydrogen-bond donors (Lipinski definition) is 0. The topological polar surface area (TPSA) is 68.6 Å². The van der Waals surface area contributed by atoms with Crippen LogP contribution in [0, 0.1) is 11.3 Å². The van der Waals surface area contributed by atoms with E-state index in [1.54, 1.807) is 12.1 Å². The van der Waals surface area contributed by atoms with Crippen molar-refractivity contribution in [2.75, 3.05) is 7.11 Å². The Morgan fingerprint density at radius 3 is 2.73 bits per heavy atom. The summed E-state index contributed by atoms with van der Waals surface area (Å²) < 4.78 is 16.0. The van der Waals surface area contributed by atoms with E-state index in [1.165, 1.54) is 7.11 Å².